The molecular formula is C24H26O3. The summed E-state index contributed by atoms with van der Waals surface area (Å²) >= 11 is 0. The fraction of sp³-hybridized carbons (Fsp3) is 0.250. The zero-order valence-electron chi connectivity index (χ0n) is 15.8. The lowest BCUT2D eigenvalue weighted by Gasteiger charge is -2.05. The van der Waals surface area contributed by atoms with Crippen LogP contribution in [0.1, 0.15) is 50.2 Å². The van der Waals surface area contributed by atoms with Crippen molar-refractivity contribution in [2.45, 2.75) is 39.0 Å². The van der Waals surface area contributed by atoms with E-state index in [1.807, 2.05) is 42.5 Å². The average Bonchev–Trinajstić information content (AvgIpc) is 2.70. The van der Waals surface area contributed by atoms with Gasteiger partial charge in [0, 0.05) is 18.1 Å². The Morgan fingerprint density at radius 1 is 0.852 bits per heavy atom. The molecule has 0 amide bonds. The lowest BCUT2D eigenvalue weighted by molar-refractivity contribution is -0.128. The van der Waals surface area contributed by atoms with E-state index in [1.54, 1.807) is 30.4 Å². The Kier molecular flexibility index (Phi) is 8.78. The van der Waals surface area contributed by atoms with Crippen molar-refractivity contribution in [3.05, 3.63) is 77.9 Å². The zero-order valence-corrected chi connectivity index (χ0v) is 15.8. The fourth-order valence-corrected chi connectivity index (χ4v) is 2.57. The van der Waals surface area contributed by atoms with Gasteiger partial charge in [0.2, 0.25) is 0 Å². The number of carbonyl (C=O) groups excluding carboxylic acids is 2. The minimum Gasteiger partial charge on any atom is -0.423 e. The summed E-state index contributed by atoms with van der Waals surface area (Å²) < 4.78 is 5.42. The van der Waals surface area contributed by atoms with Gasteiger partial charge >= 0.3 is 5.97 Å². The third kappa shape index (κ3) is 7.87. The number of rotatable bonds is 10. The molecule has 0 aliphatic heterocycles. The summed E-state index contributed by atoms with van der Waals surface area (Å²) in [6, 6.07) is 16.7. The molecule has 0 saturated heterocycles. The molecule has 0 N–H and O–H groups in total. The van der Waals surface area contributed by atoms with Crippen LogP contribution in [0.5, 0.6) is 5.75 Å². The highest BCUT2D eigenvalue weighted by molar-refractivity contribution is 5.94. The van der Waals surface area contributed by atoms with Crippen molar-refractivity contribution in [2.75, 3.05) is 0 Å². The summed E-state index contributed by atoms with van der Waals surface area (Å²) in [5.74, 6) is 0.0806. The first kappa shape index (κ1) is 20.4. The first-order chi connectivity index (χ1) is 13.2. The molecule has 140 valence electrons. The van der Waals surface area contributed by atoms with Crippen LogP contribution in [0.2, 0.25) is 0 Å². The van der Waals surface area contributed by atoms with Crippen LogP contribution in [0.3, 0.4) is 0 Å². The topological polar surface area (TPSA) is 43.4 Å². The Labute approximate surface area is 161 Å². The van der Waals surface area contributed by atoms with E-state index >= 15 is 0 Å². The number of ketones is 1. The lowest BCUT2D eigenvalue weighted by Crippen LogP contribution is -2.04. The maximum Gasteiger partial charge on any atom is 0.336 e. The van der Waals surface area contributed by atoms with Crippen LogP contribution in [-0.4, -0.2) is 11.8 Å². The summed E-state index contributed by atoms with van der Waals surface area (Å²) in [5.41, 5.74) is 1.64. The Balaban J connectivity index is 1.94. The maximum absolute atomic E-state index is 12.1. The van der Waals surface area contributed by atoms with E-state index < -0.39 is 5.97 Å². The van der Waals surface area contributed by atoms with E-state index in [-0.39, 0.29) is 5.78 Å². The predicted octanol–water partition coefficient (Wildman–Crippen LogP) is 5.86. The minimum absolute atomic E-state index is 0.0937. The van der Waals surface area contributed by atoms with E-state index in [0.717, 1.165) is 31.2 Å². The second-order valence-electron chi connectivity index (χ2n) is 6.31. The third-order valence-electron chi connectivity index (χ3n) is 4.07. The van der Waals surface area contributed by atoms with Gasteiger partial charge in [-0.15, -0.1) is 0 Å². The number of ether oxygens (including phenoxy) is 1. The van der Waals surface area contributed by atoms with Crippen LogP contribution in [0.15, 0.2) is 66.7 Å². The van der Waals surface area contributed by atoms with Crippen molar-refractivity contribution in [1.29, 1.82) is 0 Å². The first-order valence-corrected chi connectivity index (χ1v) is 9.44. The molecule has 2 aromatic carbocycles. The third-order valence-corrected chi connectivity index (χ3v) is 4.07. The van der Waals surface area contributed by atoms with E-state index in [2.05, 4.69) is 6.92 Å². The summed E-state index contributed by atoms with van der Waals surface area (Å²) in [6.07, 6.45) is 11.3. The van der Waals surface area contributed by atoms with E-state index in [4.69, 9.17) is 4.74 Å². The smallest absolute Gasteiger partial charge is 0.336 e. The lowest BCUT2D eigenvalue weighted by atomic mass is 10.1. The highest BCUT2D eigenvalue weighted by Gasteiger charge is 2.05. The second kappa shape index (κ2) is 11.6. The Morgan fingerprint density at radius 3 is 2.37 bits per heavy atom. The number of hydrogen-bond acceptors (Lipinski definition) is 3. The highest BCUT2D eigenvalue weighted by Crippen LogP contribution is 2.20. The van der Waals surface area contributed by atoms with Gasteiger partial charge in [-0.05, 0) is 36.3 Å². The number of benzene rings is 2. The SMILES string of the molecule is CCCCCCC(=O)C=Cc1ccccc1OC(=O)C=Cc1ccccc1. The van der Waals surface area contributed by atoms with Gasteiger partial charge < -0.3 is 4.74 Å². The molecule has 0 atom stereocenters. The number of allylic oxidation sites excluding steroid dienone is 1. The Morgan fingerprint density at radius 2 is 1.59 bits per heavy atom. The molecule has 0 heterocycles. The van der Waals surface area contributed by atoms with Crippen LogP contribution in [0.25, 0.3) is 12.2 Å². The van der Waals surface area contributed by atoms with Crippen LogP contribution < -0.4 is 4.74 Å². The number of para-hydroxylation sites is 1. The molecule has 3 nitrogen and oxygen atoms in total. The van der Waals surface area contributed by atoms with Crippen molar-refractivity contribution in [1.82, 2.24) is 0 Å². The molecule has 0 bridgehead atoms. The summed E-state index contributed by atoms with van der Waals surface area (Å²) in [7, 11) is 0. The van der Waals surface area contributed by atoms with Crippen LogP contribution in [0, 0.1) is 0 Å². The second-order valence-corrected chi connectivity index (χ2v) is 6.31. The number of unbranched alkanes of at least 4 members (excludes halogenated alkanes) is 3. The molecular weight excluding hydrogens is 336 g/mol. The van der Waals surface area contributed by atoms with Gasteiger partial charge in [-0.25, -0.2) is 4.79 Å². The maximum atomic E-state index is 12.1. The van der Waals surface area contributed by atoms with Gasteiger partial charge in [0.1, 0.15) is 5.75 Å². The molecule has 2 rings (SSSR count). The largest absolute Gasteiger partial charge is 0.423 e. The molecule has 2 aromatic rings. The van der Waals surface area contributed by atoms with Gasteiger partial charge in [0.05, 0.1) is 0 Å². The molecule has 0 saturated carbocycles. The van der Waals surface area contributed by atoms with Crippen molar-refractivity contribution >= 4 is 23.9 Å². The first-order valence-electron chi connectivity index (χ1n) is 9.44. The van der Waals surface area contributed by atoms with E-state index in [1.165, 1.54) is 6.08 Å². The van der Waals surface area contributed by atoms with Gasteiger partial charge in [-0.2, -0.15) is 0 Å². The van der Waals surface area contributed by atoms with Crippen LogP contribution in [0.4, 0.5) is 0 Å². The molecule has 0 aromatic heterocycles. The Bertz CT molecular complexity index is 788. The van der Waals surface area contributed by atoms with Crippen molar-refractivity contribution in [3.8, 4) is 5.75 Å². The number of carbonyl (C=O) groups is 2. The molecule has 0 aliphatic carbocycles. The Hall–Kier alpha value is -2.94. The molecule has 0 unspecified atom stereocenters. The summed E-state index contributed by atoms with van der Waals surface area (Å²) in [6.45, 7) is 2.15. The van der Waals surface area contributed by atoms with Crippen molar-refractivity contribution in [2.24, 2.45) is 0 Å². The predicted molar refractivity (Wildman–Crippen MR) is 110 cm³/mol. The molecule has 27 heavy (non-hydrogen) atoms. The summed E-state index contributed by atoms with van der Waals surface area (Å²) in [5, 5.41) is 0. The quantitative estimate of drug-likeness (QED) is 0.230. The van der Waals surface area contributed by atoms with Crippen LogP contribution >= 0.6 is 0 Å². The highest BCUT2D eigenvalue weighted by atomic mass is 16.5. The fourth-order valence-electron chi connectivity index (χ4n) is 2.57. The molecule has 0 radical (unpaired) electrons. The molecule has 3 heteroatoms. The van der Waals surface area contributed by atoms with Gasteiger partial charge in [-0.1, -0.05) is 74.7 Å². The molecule has 0 fully saturated rings. The van der Waals surface area contributed by atoms with E-state index in [9.17, 15) is 9.59 Å². The van der Waals surface area contributed by atoms with Gasteiger partial charge in [0.15, 0.2) is 5.78 Å². The molecule has 0 aliphatic rings. The van der Waals surface area contributed by atoms with Crippen molar-refractivity contribution < 1.29 is 14.3 Å². The minimum atomic E-state index is -0.453. The van der Waals surface area contributed by atoms with Crippen LogP contribution in [-0.2, 0) is 9.59 Å². The normalized spacial score (nSPS) is 11.1. The standard InChI is InChI=1S/C24H26O3/c1-2-3-4-8-14-22(25)18-17-21-13-9-10-15-23(21)27-24(26)19-16-20-11-6-5-7-12-20/h5-7,9-13,15-19H,2-4,8,14H2,1H3. The average molecular weight is 362 g/mol. The van der Waals surface area contributed by atoms with Crippen molar-refractivity contribution in [3.63, 3.8) is 0 Å². The molecule has 0 spiro atoms. The monoisotopic (exact) mass is 362 g/mol. The number of hydrogen-bond donors (Lipinski definition) is 0. The van der Waals surface area contributed by atoms with E-state index in [0.29, 0.717) is 17.7 Å². The number of esters is 1. The summed E-state index contributed by atoms with van der Waals surface area (Å²) in [4.78, 5) is 24.0. The van der Waals surface area contributed by atoms with Gasteiger partial charge in [0.25, 0.3) is 0 Å². The van der Waals surface area contributed by atoms with Gasteiger partial charge in [-0.3, -0.25) is 4.79 Å². The zero-order chi connectivity index (χ0) is 19.3.